The first kappa shape index (κ1) is 13.6. The Hall–Kier alpha value is -0.840. The highest BCUT2D eigenvalue weighted by molar-refractivity contribution is 9.10. The van der Waals surface area contributed by atoms with Crippen LogP contribution in [0.25, 0.3) is 0 Å². The number of halogens is 2. The number of aryl methyl sites for hydroxylation is 1. The summed E-state index contributed by atoms with van der Waals surface area (Å²) < 4.78 is 2.95. The minimum Gasteiger partial charge on any atom is -0.312 e. The highest BCUT2D eigenvalue weighted by atomic mass is 79.9. The summed E-state index contributed by atoms with van der Waals surface area (Å²) in [6.45, 7) is 1.75. The molecule has 5 heteroatoms. The summed E-state index contributed by atoms with van der Waals surface area (Å²) in [4.78, 5) is 0. The maximum atomic E-state index is 5.90. The largest absolute Gasteiger partial charge is 0.312 e. The molecule has 1 N–H and O–H groups in total. The number of hydrogen-bond donors (Lipinski definition) is 1. The van der Waals surface area contributed by atoms with Crippen molar-refractivity contribution in [1.29, 1.82) is 0 Å². The van der Waals surface area contributed by atoms with Crippen LogP contribution in [0.3, 0.4) is 0 Å². The lowest BCUT2D eigenvalue weighted by Crippen LogP contribution is -2.18. The number of rotatable bonds is 5. The van der Waals surface area contributed by atoms with Gasteiger partial charge in [-0.2, -0.15) is 5.10 Å². The molecular weight excluding hydrogens is 314 g/mol. The summed E-state index contributed by atoms with van der Waals surface area (Å²) in [7, 11) is 1.96. The second kappa shape index (κ2) is 6.36. The van der Waals surface area contributed by atoms with Crippen molar-refractivity contribution in [1.82, 2.24) is 15.1 Å². The topological polar surface area (TPSA) is 29.9 Å². The number of aromatic nitrogens is 2. The van der Waals surface area contributed by atoms with Gasteiger partial charge in [0.1, 0.15) is 0 Å². The normalized spacial score (nSPS) is 10.8. The van der Waals surface area contributed by atoms with Gasteiger partial charge >= 0.3 is 0 Å². The fourth-order valence-corrected chi connectivity index (χ4v) is 2.57. The van der Waals surface area contributed by atoms with Crippen molar-refractivity contribution < 1.29 is 0 Å². The molecule has 0 aliphatic carbocycles. The molecule has 0 unspecified atom stereocenters. The van der Waals surface area contributed by atoms with Crippen molar-refractivity contribution in [2.75, 3.05) is 6.54 Å². The van der Waals surface area contributed by atoms with Gasteiger partial charge in [0.05, 0.1) is 0 Å². The van der Waals surface area contributed by atoms with E-state index in [-0.39, 0.29) is 0 Å². The first-order chi connectivity index (χ1) is 8.66. The van der Waals surface area contributed by atoms with Crippen LogP contribution in [0.1, 0.15) is 11.3 Å². The SMILES string of the molecule is Cn1nccc1CCNCc1ccc(Cl)cc1Br. The second-order valence-corrected chi connectivity index (χ2v) is 5.40. The average molecular weight is 329 g/mol. The van der Waals surface area contributed by atoms with Crippen molar-refractivity contribution in [2.45, 2.75) is 13.0 Å². The molecule has 0 bridgehead atoms. The summed E-state index contributed by atoms with van der Waals surface area (Å²) in [6, 6.07) is 7.90. The number of nitrogens with one attached hydrogen (secondary N) is 1. The molecule has 0 aliphatic heterocycles. The van der Waals surface area contributed by atoms with E-state index in [2.05, 4.69) is 26.3 Å². The Morgan fingerprint density at radius 3 is 2.89 bits per heavy atom. The van der Waals surface area contributed by atoms with E-state index in [4.69, 9.17) is 11.6 Å². The molecule has 0 saturated heterocycles. The fourth-order valence-electron chi connectivity index (χ4n) is 1.75. The molecule has 2 rings (SSSR count). The zero-order chi connectivity index (χ0) is 13.0. The molecule has 0 radical (unpaired) electrons. The highest BCUT2D eigenvalue weighted by Gasteiger charge is 2.01. The minimum absolute atomic E-state index is 0.750. The van der Waals surface area contributed by atoms with Crippen molar-refractivity contribution >= 4 is 27.5 Å². The van der Waals surface area contributed by atoms with Crippen LogP contribution in [0, 0.1) is 0 Å². The van der Waals surface area contributed by atoms with Crippen molar-refractivity contribution in [3.63, 3.8) is 0 Å². The molecule has 0 saturated carbocycles. The van der Waals surface area contributed by atoms with E-state index in [9.17, 15) is 0 Å². The van der Waals surface area contributed by atoms with Gasteiger partial charge in [0.15, 0.2) is 0 Å². The summed E-state index contributed by atoms with van der Waals surface area (Å²) in [5.41, 5.74) is 2.45. The van der Waals surface area contributed by atoms with E-state index in [0.717, 1.165) is 29.0 Å². The average Bonchev–Trinajstić information content (AvgIpc) is 2.73. The van der Waals surface area contributed by atoms with Gasteiger partial charge in [-0.25, -0.2) is 0 Å². The third kappa shape index (κ3) is 3.57. The van der Waals surface area contributed by atoms with Crippen molar-refractivity contribution in [3.8, 4) is 0 Å². The molecule has 0 aliphatic rings. The predicted molar refractivity (Wildman–Crippen MR) is 77.8 cm³/mol. The quantitative estimate of drug-likeness (QED) is 0.854. The smallest absolute Gasteiger partial charge is 0.0492 e. The molecule has 1 heterocycles. The Morgan fingerprint density at radius 2 is 2.22 bits per heavy atom. The maximum absolute atomic E-state index is 5.90. The molecule has 0 amide bonds. The van der Waals surface area contributed by atoms with Gasteiger partial charge in [-0.15, -0.1) is 0 Å². The Morgan fingerprint density at radius 1 is 1.39 bits per heavy atom. The van der Waals surface area contributed by atoms with Crippen molar-refractivity contribution in [3.05, 3.63) is 51.2 Å². The summed E-state index contributed by atoms with van der Waals surface area (Å²) >= 11 is 9.41. The van der Waals surface area contributed by atoms with Gasteiger partial charge in [0, 0.05) is 47.9 Å². The first-order valence-corrected chi connectivity index (χ1v) is 6.95. The molecule has 96 valence electrons. The maximum Gasteiger partial charge on any atom is 0.0492 e. The Kier molecular flexibility index (Phi) is 4.80. The lowest BCUT2D eigenvalue weighted by molar-refractivity contribution is 0.642. The molecule has 0 spiro atoms. The molecule has 1 aromatic carbocycles. The van der Waals surface area contributed by atoms with Crippen LogP contribution in [0.2, 0.25) is 5.02 Å². The number of hydrogen-bond acceptors (Lipinski definition) is 2. The van der Waals surface area contributed by atoms with E-state index in [1.807, 2.05) is 42.2 Å². The number of benzene rings is 1. The lowest BCUT2D eigenvalue weighted by atomic mass is 10.2. The van der Waals surface area contributed by atoms with Gasteiger partial charge in [0.2, 0.25) is 0 Å². The van der Waals surface area contributed by atoms with E-state index in [0.29, 0.717) is 0 Å². The predicted octanol–water partition coefficient (Wildman–Crippen LogP) is 3.17. The van der Waals surface area contributed by atoms with Gasteiger partial charge in [-0.1, -0.05) is 33.6 Å². The molecular formula is C13H15BrClN3. The van der Waals surface area contributed by atoms with Crippen LogP contribution in [0.4, 0.5) is 0 Å². The summed E-state index contributed by atoms with van der Waals surface area (Å²) in [6.07, 6.45) is 2.80. The van der Waals surface area contributed by atoms with Crippen LogP contribution in [-0.4, -0.2) is 16.3 Å². The summed E-state index contributed by atoms with van der Waals surface area (Å²) in [5, 5.41) is 8.31. The third-order valence-corrected chi connectivity index (χ3v) is 3.78. The van der Waals surface area contributed by atoms with Crippen LogP contribution >= 0.6 is 27.5 Å². The standard InChI is InChI=1S/C13H15BrClN3/c1-18-12(5-7-17-18)4-6-16-9-10-2-3-11(15)8-13(10)14/h2-3,5,7-8,16H,4,6,9H2,1H3. The second-order valence-electron chi connectivity index (χ2n) is 4.11. The fraction of sp³-hybridized carbons (Fsp3) is 0.308. The molecule has 1 aromatic heterocycles. The van der Waals surface area contributed by atoms with Crippen molar-refractivity contribution in [2.24, 2.45) is 7.05 Å². The van der Waals surface area contributed by atoms with Crippen LogP contribution in [0.5, 0.6) is 0 Å². The lowest BCUT2D eigenvalue weighted by Gasteiger charge is -2.07. The zero-order valence-corrected chi connectivity index (χ0v) is 12.5. The first-order valence-electron chi connectivity index (χ1n) is 5.78. The Balaban J connectivity index is 1.80. The van der Waals surface area contributed by atoms with Gasteiger partial charge in [0.25, 0.3) is 0 Å². The van der Waals surface area contributed by atoms with Gasteiger partial charge in [-0.3, -0.25) is 4.68 Å². The summed E-state index contributed by atoms with van der Waals surface area (Å²) in [5.74, 6) is 0. The highest BCUT2D eigenvalue weighted by Crippen LogP contribution is 2.21. The molecule has 0 fully saturated rings. The monoisotopic (exact) mass is 327 g/mol. The van der Waals surface area contributed by atoms with Gasteiger partial charge in [-0.05, 0) is 23.8 Å². The Labute approximate surface area is 120 Å². The van der Waals surface area contributed by atoms with E-state index < -0.39 is 0 Å². The molecule has 0 atom stereocenters. The number of nitrogens with zero attached hydrogens (tertiary/aromatic N) is 2. The van der Waals surface area contributed by atoms with E-state index >= 15 is 0 Å². The van der Waals surface area contributed by atoms with Crippen LogP contribution < -0.4 is 5.32 Å². The van der Waals surface area contributed by atoms with Crippen LogP contribution in [0.15, 0.2) is 34.9 Å². The zero-order valence-electron chi connectivity index (χ0n) is 10.2. The minimum atomic E-state index is 0.750. The van der Waals surface area contributed by atoms with E-state index in [1.165, 1.54) is 11.3 Å². The molecule has 3 nitrogen and oxygen atoms in total. The van der Waals surface area contributed by atoms with Crippen LogP contribution in [-0.2, 0) is 20.0 Å². The third-order valence-electron chi connectivity index (χ3n) is 2.81. The molecule has 2 aromatic rings. The Bertz CT molecular complexity index is 525. The van der Waals surface area contributed by atoms with E-state index in [1.54, 1.807) is 0 Å². The van der Waals surface area contributed by atoms with Gasteiger partial charge < -0.3 is 5.32 Å². The molecule has 18 heavy (non-hydrogen) atoms.